The lowest BCUT2D eigenvalue weighted by Crippen LogP contribution is -2.37. The third-order valence-corrected chi connectivity index (χ3v) is 5.46. The number of halogens is 2. The van der Waals surface area contributed by atoms with Crippen LogP contribution < -0.4 is 4.90 Å². The maximum Gasteiger partial charge on any atom is 0.328 e. The van der Waals surface area contributed by atoms with Crippen molar-refractivity contribution in [1.29, 1.82) is 0 Å². The average Bonchev–Trinajstić information content (AvgIpc) is 3.33. The smallest absolute Gasteiger partial charge is 0.328 e. The van der Waals surface area contributed by atoms with Gasteiger partial charge in [-0.1, -0.05) is 23.2 Å². The van der Waals surface area contributed by atoms with Gasteiger partial charge in [0.1, 0.15) is 11.9 Å². The minimum absolute atomic E-state index is 0.264. The number of fused-ring (bicyclic) bond motifs is 1. The molecular formula is C18H16Cl2N4O3. The van der Waals surface area contributed by atoms with Crippen molar-refractivity contribution in [3.05, 3.63) is 47.0 Å². The molecule has 1 aromatic carbocycles. The minimum Gasteiger partial charge on any atom is -0.467 e. The van der Waals surface area contributed by atoms with Crippen LogP contribution in [0.1, 0.15) is 6.42 Å². The molecule has 2 atom stereocenters. The Bertz CT molecular complexity index is 1010. The fourth-order valence-electron chi connectivity index (χ4n) is 3.39. The molecule has 0 amide bonds. The Morgan fingerprint density at radius 3 is 2.89 bits per heavy atom. The summed E-state index contributed by atoms with van der Waals surface area (Å²) in [5, 5.41) is 11.6. The van der Waals surface area contributed by atoms with Crippen LogP contribution in [0.15, 0.2) is 36.9 Å². The van der Waals surface area contributed by atoms with Crippen molar-refractivity contribution < 1.29 is 14.6 Å². The SMILES string of the molecule is COC(=O)[C@@H]1C[C@H](O)CN1c1cc(-n2ccnc2)c2ccc(Cl)c(Cl)c2n1. The van der Waals surface area contributed by atoms with E-state index in [-0.39, 0.29) is 13.0 Å². The highest BCUT2D eigenvalue weighted by atomic mass is 35.5. The second kappa shape index (κ2) is 6.99. The Hall–Kier alpha value is -2.35. The third kappa shape index (κ3) is 3.12. The Morgan fingerprint density at radius 1 is 1.37 bits per heavy atom. The summed E-state index contributed by atoms with van der Waals surface area (Å²) >= 11 is 12.6. The predicted molar refractivity (Wildman–Crippen MR) is 103 cm³/mol. The molecule has 27 heavy (non-hydrogen) atoms. The minimum atomic E-state index is -0.655. The standard InChI is InChI=1S/C18H16Cl2N4O3/c1-27-18(26)14-6-10(25)8-24(14)15-7-13(23-5-4-21-9-23)11-2-3-12(19)16(20)17(11)22-15/h2-5,7,9-10,14,25H,6,8H2,1H3/t10-,14-/m0/s1. The van der Waals surface area contributed by atoms with Gasteiger partial charge in [-0.3, -0.25) is 0 Å². The number of aromatic nitrogens is 3. The number of rotatable bonds is 3. The van der Waals surface area contributed by atoms with E-state index in [9.17, 15) is 9.90 Å². The van der Waals surface area contributed by atoms with E-state index in [0.29, 0.717) is 21.4 Å². The number of hydrogen-bond donors (Lipinski definition) is 1. The maximum absolute atomic E-state index is 12.2. The number of aliphatic hydroxyl groups is 1. The number of pyridine rings is 1. The van der Waals surface area contributed by atoms with E-state index in [2.05, 4.69) is 9.97 Å². The number of imidazole rings is 1. The van der Waals surface area contributed by atoms with E-state index in [1.165, 1.54) is 7.11 Å². The summed E-state index contributed by atoms with van der Waals surface area (Å²) in [5.74, 6) is 0.0807. The molecule has 1 saturated heterocycles. The maximum atomic E-state index is 12.2. The summed E-state index contributed by atoms with van der Waals surface area (Å²) in [4.78, 5) is 22.6. The lowest BCUT2D eigenvalue weighted by molar-refractivity contribution is -0.142. The molecule has 0 saturated carbocycles. The summed E-state index contributed by atoms with van der Waals surface area (Å²) in [6.45, 7) is 0.264. The van der Waals surface area contributed by atoms with E-state index in [1.54, 1.807) is 29.7 Å². The molecule has 2 aromatic heterocycles. The van der Waals surface area contributed by atoms with Crippen molar-refractivity contribution in [3.63, 3.8) is 0 Å². The van der Waals surface area contributed by atoms with Gasteiger partial charge in [-0.2, -0.15) is 0 Å². The molecule has 0 aliphatic carbocycles. The van der Waals surface area contributed by atoms with E-state index < -0.39 is 18.1 Å². The number of benzene rings is 1. The van der Waals surface area contributed by atoms with E-state index in [0.717, 1.165) is 11.1 Å². The molecule has 1 fully saturated rings. The Labute approximate surface area is 165 Å². The lowest BCUT2D eigenvalue weighted by atomic mass is 10.1. The van der Waals surface area contributed by atoms with Gasteiger partial charge in [-0.15, -0.1) is 0 Å². The molecule has 0 spiro atoms. The molecule has 0 bridgehead atoms. The molecular weight excluding hydrogens is 391 g/mol. The molecule has 9 heteroatoms. The zero-order chi connectivity index (χ0) is 19.1. The summed E-state index contributed by atoms with van der Waals surface area (Å²) < 4.78 is 6.72. The van der Waals surface area contributed by atoms with Gasteiger partial charge >= 0.3 is 5.97 Å². The Kier molecular flexibility index (Phi) is 4.67. The van der Waals surface area contributed by atoms with Crippen molar-refractivity contribution in [1.82, 2.24) is 14.5 Å². The van der Waals surface area contributed by atoms with Gasteiger partial charge in [-0.25, -0.2) is 14.8 Å². The van der Waals surface area contributed by atoms with Crippen LogP contribution in [0, 0.1) is 0 Å². The number of methoxy groups -OCH3 is 1. The number of hydrogen-bond acceptors (Lipinski definition) is 6. The second-order valence-electron chi connectivity index (χ2n) is 6.31. The van der Waals surface area contributed by atoms with Crippen LogP contribution in [0.2, 0.25) is 10.0 Å². The molecule has 0 radical (unpaired) electrons. The summed E-state index contributed by atoms with van der Waals surface area (Å²) in [5.41, 5.74) is 1.30. The molecule has 3 aromatic rings. The van der Waals surface area contributed by atoms with Crippen LogP contribution in [0.3, 0.4) is 0 Å². The molecule has 4 rings (SSSR count). The van der Waals surface area contributed by atoms with Gasteiger partial charge < -0.3 is 19.3 Å². The molecule has 1 aliphatic rings. The quantitative estimate of drug-likeness (QED) is 0.673. The van der Waals surface area contributed by atoms with E-state index in [4.69, 9.17) is 27.9 Å². The highest BCUT2D eigenvalue weighted by Gasteiger charge is 2.38. The Morgan fingerprint density at radius 2 is 2.19 bits per heavy atom. The zero-order valence-corrected chi connectivity index (χ0v) is 15.9. The van der Waals surface area contributed by atoms with Gasteiger partial charge in [0.05, 0.1) is 40.8 Å². The van der Waals surface area contributed by atoms with Crippen molar-refractivity contribution in [3.8, 4) is 5.69 Å². The number of carbonyl (C=O) groups excluding carboxylic acids is 1. The largest absolute Gasteiger partial charge is 0.467 e. The van der Waals surface area contributed by atoms with Crippen molar-refractivity contribution in [2.75, 3.05) is 18.6 Å². The van der Waals surface area contributed by atoms with Crippen LogP contribution in [-0.2, 0) is 9.53 Å². The monoisotopic (exact) mass is 406 g/mol. The zero-order valence-electron chi connectivity index (χ0n) is 14.3. The van der Waals surface area contributed by atoms with Crippen molar-refractivity contribution in [2.24, 2.45) is 0 Å². The van der Waals surface area contributed by atoms with Gasteiger partial charge in [0.25, 0.3) is 0 Å². The molecule has 0 unspecified atom stereocenters. The average molecular weight is 407 g/mol. The number of nitrogens with zero attached hydrogens (tertiary/aromatic N) is 4. The highest BCUT2D eigenvalue weighted by Crippen LogP contribution is 2.36. The summed E-state index contributed by atoms with van der Waals surface area (Å²) in [7, 11) is 1.33. The van der Waals surface area contributed by atoms with Crippen LogP contribution in [0.25, 0.3) is 16.6 Å². The molecule has 7 nitrogen and oxygen atoms in total. The topological polar surface area (TPSA) is 80.5 Å². The van der Waals surface area contributed by atoms with Crippen LogP contribution in [0.5, 0.6) is 0 Å². The molecule has 140 valence electrons. The molecule has 1 aliphatic heterocycles. The number of carbonyl (C=O) groups is 1. The van der Waals surface area contributed by atoms with Gasteiger partial charge in [0.15, 0.2) is 0 Å². The van der Waals surface area contributed by atoms with Crippen molar-refractivity contribution >= 4 is 45.9 Å². The first-order valence-electron chi connectivity index (χ1n) is 8.29. The van der Waals surface area contributed by atoms with Crippen LogP contribution in [0.4, 0.5) is 5.82 Å². The number of anilines is 1. The number of aliphatic hydroxyl groups excluding tert-OH is 1. The summed E-state index contributed by atoms with van der Waals surface area (Å²) in [6.07, 6.45) is 4.75. The molecule has 1 N–H and O–H groups in total. The number of esters is 1. The van der Waals surface area contributed by atoms with Gasteiger partial charge in [0.2, 0.25) is 0 Å². The first-order chi connectivity index (χ1) is 13.0. The first kappa shape index (κ1) is 18.0. The predicted octanol–water partition coefficient (Wildman–Crippen LogP) is 2.84. The lowest BCUT2D eigenvalue weighted by Gasteiger charge is -2.25. The normalized spacial score (nSPS) is 19.6. The second-order valence-corrected chi connectivity index (χ2v) is 7.09. The van der Waals surface area contributed by atoms with Crippen molar-refractivity contribution in [2.45, 2.75) is 18.6 Å². The molecule has 3 heterocycles. The van der Waals surface area contributed by atoms with Crippen LogP contribution in [-0.4, -0.2) is 51.4 Å². The fraction of sp³-hybridized carbons (Fsp3) is 0.278. The first-order valence-corrected chi connectivity index (χ1v) is 9.05. The van der Waals surface area contributed by atoms with Crippen LogP contribution >= 0.6 is 23.2 Å². The van der Waals surface area contributed by atoms with Gasteiger partial charge in [0, 0.05) is 36.8 Å². The number of β-amino-alcohol motifs (C(OH)–C–C–N with tert-alkyl or cyclic N) is 1. The van der Waals surface area contributed by atoms with E-state index >= 15 is 0 Å². The highest BCUT2D eigenvalue weighted by molar-refractivity contribution is 6.45. The summed E-state index contributed by atoms with van der Waals surface area (Å²) in [6, 6.07) is 4.77. The third-order valence-electron chi connectivity index (χ3n) is 4.67. The van der Waals surface area contributed by atoms with E-state index in [1.807, 2.05) is 16.7 Å². The van der Waals surface area contributed by atoms with Gasteiger partial charge in [-0.05, 0) is 12.1 Å². The fourth-order valence-corrected chi connectivity index (χ4v) is 3.75. The number of ether oxygens (including phenoxy) is 1. The Balaban J connectivity index is 1.93.